The van der Waals surface area contributed by atoms with E-state index in [2.05, 4.69) is 20.0 Å². The van der Waals surface area contributed by atoms with Crippen molar-refractivity contribution < 1.29 is 13.5 Å². The molecule has 4 nitrogen and oxygen atoms in total. The number of ether oxygens (including phenoxy) is 1. The Bertz CT molecular complexity index is 503. The molecule has 0 radical (unpaired) electrons. The number of aryl methyl sites for hydroxylation is 1. The van der Waals surface area contributed by atoms with E-state index < -0.39 is 6.61 Å². The van der Waals surface area contributed by atoms with E-state index in [1.54, 1.807) is 36.7 Å². The smallest absolute Gasteiger partial charge is 0.387 e. The second kappa shape index (κ2) is 7.59. The largest absolute Gasteiger partial charge is 0.434 e. The van der Waals surface area contributed by atoms with E-state index in [9.17, 15) is 8.78 Å². The van der Waals surface area contributed by atoms with Crippen LogP contribution in [0.2, 0.25) is 0 Å². The number of hydrogen-bond donors (Lipinski definition) is 2. The average Bonchev–Trinajstić information content (AvgIpc) is 2.93. The van der Waals surface area contributed by atoms with E-state index in [-0.39, 0.29) is 5.75 Å². The Morgan fingerprint density at radius 2 is 2.15 bits per heavy atom. The quantitative estimate of drug-likeness (QED) is 0.731. The summed E-state index contributed by atoms with van der Waals surface area (Å²) in [5, 5.41) is 3.21. The van der Waals surface area contributed by atoms with Crippen LogP contribution in [0.25, 0.3) is 0 Å². The van der Waals surface area contributed by atoms with Gasteiger partial charge in [0.2, 0.25) is 0 Å². The summed E-state index contributed by atoms with van der Waals surface area (Å²) in [5.41, 5.74) is 0.728. The SMILES string of the molecule is FC(F)Oc1ccccc1CNCCCc1ncc[nH]1. The first kappa shape index (κ1) is 14.5. The van der Waals surface area contributed by atoms with E-state index in [0.29, 0.717) is 6.54 Å². The van der Waals surface area contributed by atoms with Crippen molar-refractivity contribution in [1.82, 2.24) is 15.3 Å². The lowest BCUT2D eigenvalue weighted by atomic mass is 10.2. The highest BCUT2D eigenvalue weighted by molar-refractivity contribution is 5.33. The Hall–Kier alpha value is -1.95. The Morgan fingerprint density at radius 3 is 2.90 bits per heavy atom. The zero-order valence-electron chi connectivity index (χ0n) is 11.0. The van der Waals surface area contributed by atoms with Crippen molar-refractivity contribution in [3.63, 3.8) is 0 Å². The van der Waals surface area contributed by atoms with Gasteiger partial charge in [-0.15, -0.1) is 0 Å². The molecular weight excluding hydrogens is 264 g/mol. The molecule has 0 atom stereocenters. The van der Waals surface area contributed by atoms with Crippen molar-refractivity contribution in [1.29, 1.82) is 0 Å². The molecule has 0 amide bonds. The van der Waals surface area contributed by atoms with Crippen LogP contribution in [-0.4, -0.2) is 23.1 Å². The molecule has 1 heterocycles. The highest BCUT2D eigenvalue weighted by atomic mass is 19.3. The molecule has 6 heteroatoms. The Balaban J connectivity index is 1.73. The average molecular weight is 281 g/mol. The van der Waals surface area contributed by atoms with Crippen molar-refractivity contribution in [2.45, 2.75) is 26.0 Å². The van der Waals surface area contributed by atoms with Gasteiger partial charge >= 0.3 is 6.61 Å². The summed E-state index contributed by atoms with van der Waals surface area (Å²) >= 11 is 0. The van der Waals surface area contributed by atoms with Gasteiger partial charge in [0.05, 0.1) is 0 Å². The van der Waals surface area contributed by atoms with E-state index in [0.717, 1.165) is 30.8 Å². The number of nitrogens with zero attached hydrogens (tertiary/aromatic N) is 1. The lowest BCUT2D eigenvalue weighted by molar-refractivity contribution is -0.0504. The number of benzene rings is 1. The van der Waals surface area contributed by atoms with Gasteiger partial charge in [-0.05, 0) is 19.0 Å². The Labute approximate surface area is 116 Å². The second-order valence-corrected chi connectivity index (χ2v) is 4.30. The molecule has 0 fully saturated rings. The third-order valence-corrected chi connectivity index (χ3v) is 2.83. The molecule has 2 aromatic rings. The normalized spacial score (nSPS) is 10.9. The van der Waals surface area contributed by atoms with Crippen LogP contribution in [0.1, 0.15) is 17.8 Å². The number of hydrogen-bond acceptors (Lipinski definition) is 3. The standard InChI is InChI=1S/C14H17F2N3O/c15-14(16)20-12-5-2-1-4-11(12)10-17-7-3-6-13-18-8-9-19-13/h1-2,4-5,8-9,14,17H,3,6-7,10H2,(H,18,19). The number of imidazole rings is 1. The minimum Gasteiger partial charge on any atom is -0.434 e. The molecule has 1 aromatic heterocycles. The van der Waals surface area contributed by atoms with Gasteiger partial charge in [0, 0.05) is 30.9 Å². The molecule has 0 aliphatic carbocycles. The van der Waals surface area contributed by atoms with Crippen molar-refractivity contribution in [3.8, 4) is 5.75 Å². The van der Waals surface area contributed by atoms with Gasteiger partial charge in [0.25, 0.3) is 0 Å². The van der Waals surface area contributed by atoms with Crippen molar-refractivity contribution >= 4 is 0 Å². The molecule has 0 saturated carbocycles. The Kier molecular flexibility index (Phi) is 5.49. The highest BCUT2D eigenvalue weighted by Gasteiger charge is 2.08. The number of nitrogens with one attached hydrogen (secondary N) is 2. The van der Waals surface area contributed by atoms with Crippen LogP contribution in [0.3, 0.4) is 0 Å². The number of halogens is 2. The van der Waals surface area contributed by atoms with E-state index in [1.165, 1.54) is 0 Å². The van der Waals surface area contributed by atoms with Crippen LogP contribution in [0.15, 0.2) is 36.7 Å². The van der Waals surface area contributed by atoms with E-state index >= 15 is 0 Å². The summed E-state index contributed by atoms with van der Waals surface area (Å²) in [6.07, 6.45) is 5.29. The van der Waals surface area contributed by atoms with Crippen LogP contribution in [0.4, 0.5) is 8.78 Å². The van der Waals surface area contributed by atoms with Gasteiger partial charge in [-0.25, -0.2) is 4.98 Å². The predicted molar refractivity (Wildman–Crippen MR) is 71.7 cm³/mol. The van der Waals surface area contributed by atoms with Gasteiger partial charge in [-0.1, -0.05) is 18.2 Å². The summed E-state index contributed by atoms with van der Waals surface area (Å²) in [6, 6.07) is 6.81. The molecule has 0 unspecified atom stereocenters. The van der Waals surface area contributed by atoms with Gasteiger partial charge < -0.3 is 15.0 Å². The van der Waals surface area contributed by atoms with Gasteiger partial charge in [-0.3, -0.25) is 0 Å². The fourth-order valence-corrected chi connectivity index (χ4v) is 1.90. The highest BCUT2D eigenvalue weighted by Crippen LogP contribution is 2.19. The molecule has 2 rings (SSSR count). The summed E-state index contributed by atoms with van der Waals surface area (Å²) in [7, 11) is 0. The number of aromatic amines is 1. The van der Waals surface area contributed by atoms with Gasteiger partial charge in [-0.2, -0.15) is 8.78 Å². The van der Waals surface area contributed by atoms with Gasteiger partial charge in [0.15, 0.2) is 0 Å². The predicted octanol–water partition coefficient (Wildman–Crippen LogP) is 2.73. The lowest BCUT2D eigenvalue weighted by Gasteiger charge is -2.11. The Morgan fingerprint density at radius 1 is 1.30 bits per heavy atom. The fourth-order valence-electron chi connectivity index (χ4n) is 1.90. The van der Waals surface area contributed by atoms with Crippen LogP contribution in [-0.2, 0) is 13.0 Å². The number of para-hydroxylation sites is 1. The molecule has 0 aliphatic heterocycles. The lowest BCUT2D eigenvalue weighted by Crippen LogP contribution is -2.16. The first-order valence-electron chi connectivity index (χ1n) is 6.47. The summed E-state index contributed by atoms with van der Waals surface area (Å²) < 4.78 is 29.0. The fraction of sp³-hybridized carbons (Fsp3) is 0.357. The molecule has 1 aromatic carbocycles. The van der Waals surface area contributed by atoms with Crippen LogP contribution in [0, 0.1) is 0 Å². The number of rotatable bonds is 8. The monoisotopic (exact) mass is 281 g/mol. The molecular formula is C14H17F2N3O. The number of alkyl halides is 2. The third-order valence-electron chi connectivity index (χ3n) is 2.83. The summed E-state index contributed by atoms with van der Waals surface area (Å²) in [5.74, 6) is 1.18. The molecule has 20 heavy (non-hydrogen) atoms. The zero-order valence-corrected chi connectivity index (χ0v) is 11.0. The topological polar surface area (TPSA) is 49.9 Å². The van der Waals surface area contributed by atoms with E-state index in [1.807, 2.05) is 0 Å². The number of H-pyrrole nitrogens is 1. The minimum absolute atomic E-state index is 0.223. The molecule has 0 saturated heterocycles. The van der Waals surface area contributed by atoms with Crippen LogP contribution >= 0.6 is 0 Å². The zero-order chi connectivity index (χ0) is 14.2. The molecule has 2 N–H and O–H groups in total. The third kappa shape index (κ3) is 4.62. The summed E-state index contributed by atoms with van der Waals surface area (Å²) in [4.78, 5) is 7.17. The maximum Gasteiger partial charge on any atom is 0.387 e. The van der Waals surface area contributed by atoms with Crippen molar-refractivity contribution in [2.75, 3.05) is 6.54 Å². The van der Waals surface area contributed by atoms with Crippen LogP contribution < -0.4 is 10.1 Å². The van der Waals surface area contributed by atoms with Crippen LogP contribution in [0.5, 0.6) is 5.75 Å². The van der Waals surface area contributed by atoms with Crippen molar-refractivity contribution in [3.05, 3.63) is 48.0 Å². The maximum absolute atomic E-state index is 12.2. The molecule has 0 aliphatic rings. The second-order valence-electron chi connectivity index (χ2n) is 4.30. The molecule has 0 spiro atoms. The summed E-state index contributed by atoms with van der Waals surface area (Å²) in [6.45, 7) is -1.51. The first-order valence-corrected chi connectivity index (χ1v) is 6.47. The van der Waals surface area contributed by atoms with E-state index in [4.69, 9.17) is 0 Å². The maximum atomic E-state index is 12.2. The molecule has 0 bridgehead atoms. The molecule has 108 valence electrons. The van der Waals surface area contributed by atoms with Gasteiger partial charge in [0.1, 0.15) is 11.6 Å². The minimum atomic E-state index is -2.80. The first-order chi connectivity index (χ1) is 9.75. The van der Waals surface area contributed by atoms with Crippen molar-refractivity contribution in [2.24, 2.45) is 0 Å². The number of aromatic nitrogens is 2.